The van der Waals surface area contributed by atoms with Crippen molar-refractivity contribution in [2.24, 2.45) is 0 Å². The first-order valence-electron chi connectivity index (χ1n) is 7.10. The predicted molar refractivity (Wildman–Crippen MR) is 89.2 cm³/mol. The van der Waals surface area contributed by atoms with Crippen LogP contribution in [0.2, 0.25) is 0 Å². The summed E-state index contributed by atoms with van der Waals surface area (Å²) in [5.74, 6) is 1.50. The number of aromatic nitrogens is 1. The Morgan fingerprint density at radius 2 is 2.00 bits per heavy atom. The van der Waals surface area contributed by atoms with E-state index in [0.29, 0.717) is 11.9 Å². The van der Waals surface area contributed by atoms with Crippen LogP contribution in [0.25, 0.3) is 0 Å². The molecular weight excluding hydrogens is 280 g/mol. The quantitative estimate of drug-likeness (QED) is 0.802. The van der Waals surface area contributed by atoms with E-state index in [4.69, 9.17) is 4.74 Å². The number of benzene rings is 1. The largest absolute Gasteiger partial charge is 0.438 e. The molecule has 21 heavy (non-hydrogen) atoms. The number of ether oxygens (including phenoxy) is 1. The number of pyridine rings is 1. The Kier molecular flexibility index (Phi) is 5.65. The number of hydrogen-bond donors (Lipinski definition) is 1. The first-order valence-corrected chi connectivity index (χ1v) is 8.33. The van der Waals surface area contributed by atoms with E-state index in [1.54, 1.807) is 11.8 Å². The highest BCUT2D eigenvalue weighted by Gasteiger charge is 2.07. The Labute approximate surface area is 131 Å². The van der Waals surface area contributed by atoms with Crippen molar-refractivity contribution in [3.63, 3.8) is 0 Å². The summed E-state index contributed by atoms with van der Waals surface area (Å²) in [6.45, 7) is 7.09. The molecule has 1 heterocycles. The second-order valence-electron chi connectivity index (χ2n) is 5.24. The fraction of sp³-hybridized carbons (Fsp3) is 0.353. The number of nitrogens with one attached hydrogen (secondary N) is 1. The molecule has 0 spiro atoms. The fourth-order valence-corrected chi connectivity index (χ4v) is 2.52. The SMILES string of the molecule is CSc1ccccc1Oc1cc(CNC(C)C)cc(C)n1. The molecule has 1 aromatic carbocycles. The molecule has 0 radical (unpaired) electrons. The van der Waals surface area contributed by atoms with Crippen molar-refractivity contribution in [2.75, 3.05) is 6.26 Å². The van der Waals surface area contributed by atoms with Crippen LogP contribution in [0, 0.1) is 6.92 Å². The van der Waals surface area contributed by atoms with E-state index in [9.17, 15) is 0 Å². The minimum absolute atomic E-state index is 0.458. The normalized spacial score (nSPS) is 10.9. The second kappa shape index (κ2) is 7.48. The highest BCUT2D eigenvalue weighted by Crippen LogP contribution is 2.30. The van der Waals surface area contributed by atoms with E-state index in [0.717, 1.165) is 22.9 Å². The van der Waals surface area contributed by atoms with E-state index in [-0.39, 0.29) is 0 Å². The van der Waals surface area contributed by atoms with Crippen LogP contribution >= 0.6 is 11.8 Å². The average molecular weight is 302 g/mol. The summed E-state index contributed by atoms with van der Waals surface area (Å²) >= 11 is 1.67. The molecule has 0 atom stereocenters. The number of hydrogen-bond acceptors (Lipinski definition) is 4. The standard InChI is InChI=1S/C17H22N2OS/c1-12(2)18-11-14-9-13(3)19-17(10-14)20-15-7-5-6-8-16(15)21-4/h5-10,12,18H,11H2,1-4H3. The number of nitrogens with zero attached hydrogens (tertiary/aromatic N) is 1. The topological polar surface area (TPSA) is 34.1 Å². The van der Waals surface area contributed by atoms with Gasteiger partial charge in [-0.3, -0.25) is 0 Å². The van der Waals surface area contributed by atoms with E-state index in [1.807, 2.05) is 37.4 Å². The summed E-state index contributed by atoms with van der Waals surface area (Å²) in [6.07, 6.45) is 2.05. The Bertz CT molecular complexity index is 599. The van der Waals surface area contributed by atoms with Crippen molar-refractivity contribution in [2.45, 2.75) is 38.3 Å². The van der Waals surface area contributed by atoms with Gasteiger partial charge in [0.15, 0.2) is 0 Å². The zero-order chi connectivity index (χ0) is 15.2. The maximum atomic E-state index is 5.97. The van der Waals surface area contributed by atoms with Crippen molar-refractivity contribution in [1.29, 1.82) is 0 Å². The highest BCUT2D eigenvalue weighted by atomic mass is 32.2. The van der Waals surface area contributed by atoms with Gasteiger partial charge in [0.1, 0.15) is 5.75 Å². The molecule has 2 rings (SSSR count). The van der Waals surface area contributed by atoms with Gasteiger partial charge in [-0.1, -0.05) is 26.0 Å². The molecule has 0 unspecified atom stereocenters. The minimum Gasteiger partial charge on any atom is -0.438 e. The second-order valence-corrected chi connectivity index (χ2v) is 6.09. The molecular formula is C17H22N2OS. The minimum atomic E-state index is 0.458. The molecule has 1 aromatic heterocycles. The Hall–Kier alpha value is -1.52. The Balaban J connectivity index is 2.19. The first-order chi connectivity index (χ1) is 10.1. The van der Waals surface area contributed by atoms with E-state index < -0.39 is 0 Å². The van der Waals surface area contributed by atoms with Crippen LogP contribution in [0.3, 0.4) is 0 Å². The first kappa shape index (κ1) is 15.9. The fourth-order valence-electron chi connectivity index (χ4n) is 2.00. The summed E-state index contributed by atoms with van der Waals surface area (Å²) in [4.78, 5) is 5.59. The van der Waals surface area contributed by atoms with Gasteiger partial charge in [0, 0.05) is 29.2 Å². The Morgan fingerprint density at radius 1 is 1.24 bits per heavy atom. The summed E-state index contributed by atoms with van der Waals surface area (Å²) in [6, 6.07) is 12.6. The number of para-hydroxylation sites is 1. The Morgan fingerprint density at radius 3 is 2.71 bits per heavy atom. The van der Waals surface area contributed by atoms with Crippen LogP contribution in [0.4, 0.5) is 0 Å². The van der Waals surface area contributed by atoms with Gasteiger partial charge in [0.05, 0.1) is 0 Å². The lowest BCUT2D eigenvalue weighted by molar-refractivity contribution is 0.449. The molecule has 0 saturated heterocycles. The van der Waals surface area contributed by atoms with Crippen molar-refractivity contribution >= 4 is 11.8 Å². The predicted octanol–water partition coefficient (Wildman–Crippen LogP) is 4.40. The smallest absolute Gasteiger partial charge is 0.219 e. The molecule has 0 aliphatic heterocycles. The lowest BCUT2D eigenvalue weighted by atomic mass is 10.2. The molecule has 0 aliphatic carbocycles. The maximum Gasteiger partial charge on any atom is 0.219 e. The lowest BCUT2D eigenvalue weighted by Gasteiger charge is -2.12. The summed E-state index contributed by atoms with van der Waals surface area (Å²) in [5, 5.41) is 3.42. The molecule has 112 valence electrons. The van der Waals surface area contributed by atoms with Crippen molar-refractivity contribution in [3.05, 3.63) is 47.7 Å². The van der Waals surface area contributed by atoms with Gasteiger partial charge in [0.25, 0.3) is 0 Å². The molecule has 1 N–H and O–H groups in total. The van der Waals surface area contributed by atoms with E-state index >= 15 is 0 Å². The summed E-state index contributed by atoms with van der Waals surface area (Å²) in [5.41, 5.74) is 2.16. The van der Waals surface area contributed by atoms with Crippen molar-refractivity contribution in [3.8, 4) is 11.6 Å². The molecule has 0 saturated carbocycles. The molecule has 0 amide bonds. The van der Waals surface area contributed by atoms with Crippen LogP contribution in [-0.4, -0.2) is 17.3 Å². The zero-order valence-electron chi connectivity index (χ0n) is 13.0. The molecule has 3 nitrogen and oxygen atoms in total. The number of rotatable bonds is 6. The van der Waals surface area contributed by atoms with Crippen LogP contribution in [0.1, 0.15) is 25.1 Å². The van der Waals surface area contributed by atoms with Crippen LogP contribution in [-0.2, 0) is 6.54 Å². The number of aryl methyl sites for hydroxylation is 1. The van der Waals surface area contributed by atoms with Gasteiger partial charge in [-0.25, -0.2) is 4.98 Å². The van der Waals surface area contributed by atoms with Crippen LogP contribution in [0.15, 0.2) is 41.3 Å². The third kappa shape index (κ3) is 4.76. The number of thioether (sulfide) groups is 1. The molecule has 0 fully saturated rings. The van der Waals surface area contributed by atoms with Gasteiger partial charge >= 0.3 is 0 Å². The maximum absolute atomic E-state index is 5.97. The van der Waals surface area contributed by atoms with Gasteiger partial charge in [-0.05, 0) is 36.9 Å². The van der Waals surface area contributed by atoms with Gasteiger partial charge in [-0.15, -0.1) is 11.8 Å². The third-order valence-electron chi connectivity index (χ3n) is 2.99. The van der Waals surface area contributed by atoms with Gasteiger partial charge < -0.3 is 10.1 Å². The molecule has 0 aliphatic rings. The van der Waals surface area contributed by atoms with Crippen LogP contribution in [0.5, 0.6) is 11.6 Å². The average Bonchev–Trinajstić information content (AvgIpc) is 2.45. The molecule has 2 aromatic rings. The van der Waals surface area contributed by atoms with E-state index in [1.165, 1.54) is 5.56 Å². The van der Waals surface area contributed by atoms with Crippen LogP contribution < -0.4 is 10.1 Å². The van der Waals surface area contributed by atoms with E-state index in [2.05, 4.69) is 36.3 Å². The van der Waals surface area contributed by atoms with Crippen molar-refractivity contribution in [1.82, 2.24) is 10.3 Å². The monoisotopic (exact) mass is 302 g/mol. The third-order valence-corrected chi connectivity index (χ3v) is 3.76. The lowest BCUT2D eigenvalue weighted by Crippen LogP contribution is -2.21. The highest BCUT2D eigenvalue weighted by molar-refractivity contribution is 7.98. The van der Waals surface area contributed by atoms with Gasteiger partial charge in [-0.2, -0.15) is 0 Å². The summed E-state index contributed by atoms with van der Waals surface area (Å²) in [7, 11) is 0. The molecule has 4 heteroatoms. The van der Waals surface area contributed by atoms with Gasteiger partial charge in [0.2, 0.25) is 5.88 Å². The summed E-state index contributed by atoms with van der Waals surface area (Å²) < 4.78 is 5.97. The molecule has 0 bridgehead atoms. The zero-order valence-corrected chi connectivity index (χ0v) is 13.8. The van der Waals surface area contributed by atoms with Crippen molar-refractivity contribution < 1.29 is 4.74 Å².